The fourth-order valence-electron chi connectivity index (χ4n) is 1.47. The van der Waals surface area contributed by atoms with E-state index in [-0.39, 0.29) is 0 Å². The molecule has 0 fully saturated rings. The first-order chi connectivity index (χ1) is 7.63. The van der Waals surface area contributed by atoms with Crippen molar-refractivity contribution in [2.24, 2.45) is 4.99 Å². The summed E-state index contributed by atoms with van der Waals surface area (Å²) in [7, 11) is 3.64. The van der Waals surface area contributed by atoms with E-state index in [1.165, 1.54) is 0 Å². The van der Waals surface area contributed by atoms with Crippen molar-refractivity contribution in [2.45, 2.75) is 6.92 Å². The number of nitrogens with zero attached hydrogens (tertiary/aromatic N) is 2. The molecule has 0 bridgehead atoms. The van der Waals surface area contributed by atoms with Gasteiger partial charge >= 0.3 is 0 Å². The third-order valence-electron chi connectivity index (χ3n) is 2.34. The first-order valence-corrected chi connectivity index (χ1v) is 5.48. The number of aliphatic imine (C=N–C) groups is 1. The van der Waals surface area contributed by atoms with Gasteiger partial charge in [0.2, 0.25) is 0 Å². The molecular formula is C11H18N4S. The zero-order valence-corrected chi connectivity index (χ0v) is 10.8. The standard InChI is InChI=1S/C11H18N4S/c1-5-9-11(16)15(8(2)6-12-3)7-10(13-4)14-9/h5-6,12,16H,1,7H2,2-4H3,(H,13,14)/b8-6-. The molecule has 4 nitrogen and oxygen atoms in total. The molecule has 0 aromatic heterocycles. The van der Waals surface area contributed by atoms with Crippen LogP contribution in [-0.4, -0.2) is 31.4 Å². The average molecular weight is 238 g/mol. The van der Waals surface area contributed by atoms with Gasteiger partial charge in [-0.25, -0.2) is 0 Å². The molecule has 0 amide bonds. The molecule has 2 N–H and O–H groups in total. The molecule has 0 unspecified atom stereocenters. The van der Waals surface area contributed by atoms with Crippen LogP contribution in [0, 0.1) is 0 Å². The Morgan fingerprint density at radius 1 is 1.69 bits per heavy atom. The molecular weight excluding hydrogens is 220 g/mol. The van der Waals surface area contributed by atoms with Crippen LogP contribution in [0.2, 0.25) is 0 Å². The molecule has 0 aliphatic carbocycles. The second-order valence-corrected chi connectivity index (χ2v) is 3.82. The van der Waals surface area contributed by atoms with E-state index in [1.54, 1.807) is 13.1 Å². The Morgan fingerprint density at radius 3 is 2.88 bits per heavy atom. The van der Waals surface area contributed by atoms with Crippen molar-refractivity contribution < 1.29 is 0 Å². The Morgan fingerprint density at radius 2 is 2.38 bits per heavy atom. The molecule has 0 aromatic carbocycles. The van der Waals surface area contributed by atoms with Crippen molar-refractivity contribution in [3.8, 4) is 0 Å². The molecule has 1 heterocycles. The van der Waals surface area contributed by atoms with Gasteiger partial charge in [-0.1, -0.05) is 6.58 Å². The van der Waals surface area contributed by atoms with Crippen LogP contribution in [0.25, 0.3) is 0 Å². The first-order valence-electron chi connectivity index (χ1n) is 5.04. The maximum absolute atomic E-state index is 4.49. The van der Waals surface area contributed by atoms with Gasteiger partial charge in [-0.3, -0.25) is 4.99 Å². The van der Waals surface area contributed by atoms with Crippen LogP contribution in [0.15, 0.2) is 40.3 Å². The normalized spacial score (nSPS) is 19.9. The highest BCUT2D eigenvalue weighted by molar-refractivity contribution is 7.84. The fraction of sp³-hybridized carbons (Fsp3) is 0.364. The smallest absolute Gasteiger partial charge is 0.121 e. The highest BCUT2D eigenvalue weighted by Crippen LogP contribution is 2.22. The molecule has 88 valence electrons. The van der Waals surface area contributed by atoms with E-state index < -0.39 is 0 Å². The maximum Gasteiger partial charge on any atom is 0.121 e. The summed E-state index contributed by atoms with van der Waals surface area (Å²) in [5, 5.41) is 7.03. The second kappa shape index (κ2) is 5.65. The van der Waals surface area contributed by atoms with Crippen molar-refractivity contribution in [1.82, 2.24) is 15.5 Å². The summed E-state index contributed by atoms with van der Waals surface area (Å²) in [6.45, 7) is 6.47. The summed E-state index contributed by atoms with van der Waals surface area (Å²) in [6.07, 6.45) is 3.67. The minimum atomic E-state index is 0.691. The van der Waals surface area contributed by atoms with E-state index in [1.807, 2.05) is 20.2 Å². The highest BCUT2D eigenvalue weighted by atomic mass is 32.1. The van der Waals surface area contributed by atoms with Gasteiger partial charge in [0.05, 0.1) is 17.3 Å². The number of amidine groups is 1. The SMILES string of the molecule is C=CC1=C(S)N(/C(C)=C\NC)CC(=NC)N1. The van der Waals surface area contributed by atoms with Crippen LogP contribution in [0.1, 0.15) is 6.92 Å². The number of hydrogen-bond acceptors (Lipinski definition) is 4. The molecule has 1 rings (SSSR count). The van der Waals surface area contributed by atoms with Crippen molar-refractivity contribution >= 4 is 18.5 Å². The quantitative estimate of drug-likeness (QED) is 0.649. The van der Waals surface area contributed by atoms with Gasteiger partial charge in [-0.15, -0.1) is 12.6 Å². The Labute approximate surface area is 102 Å². The molecule has 5 heteroatoms. The van der Waals surface area contributed by atoms with Crippen molar-refractivity contribution in [2.75, 3.05) is 20.6 Å². The van der Waals surface area contributed by atoms with Crippen molar-refractivity contribution in [3.05, 3.63) is 35.3 Å². The summed E-state index contributed by atoms with van der Waals surface area (Å²) in [4.78, 5) is 6.24. The Bertz CT molecular complexity index is 368. The van der Waals surface area contributed by atoms with Gasteiger partial charge in [0, 0.05) is 26.0 Å². The number of rotatable bonds is 3. The molecule has 0 atom stereocenters. The van der Waals surface area contributed by atoms with Crippen LogP contribution in [0.3, 0.4) is 0 Å². The van der Waals surface area contributed by atoms with Gasteiger partial charge < -0.3 is 15.5 Å². The van der Waals surface area contributed by atoms with Crippen molar-refractivity contribution in [1.29, 1.82) is 0 Å². The zero-order valence-electron chi connectivity index (χ0n) is 9.91. The summed E-state index contributed by atoms with van der Waals surface area (Å²) >= 11 is 4.49. The minimum Gasteiger partial charge on any atom is -0.393 e. The molecule has 0 saturated heterocycles. The van der Waals surface area contributed by atoms with E-state index >= 15 is 0 Å². The number of hydrogen-bond donors (Lipinski definition) is 3. The molecule has 0 aromatic rings. The molecule has 1 aliphatic rings. The Kier molecular flexibility index (Phi) is 4.49. The summed E-state index contributed by atoms with van der Waals surface area (Å²) in [5.41, 5.74) is 1.95. The Balaban J connectivity index is 3.08. The minimum absolute atomic E-state index is 0.691. The molecule has 0 spiro atoms. The molecule has 16 heavy (non-hydrogen) atoms. The van der Waals surface area contributed by atoms with E-state index in [2.05, 4.69) is 39.7 Å². The van der Waals surface area contributed by atoms with E-state index in [9.17, 15) is 0 Å². The molecule has 0 saturated carbocycles. The van der Waals surface area contributed by atoms with Gasteiger partial charge in [-0.2, -0.15) is 0 Å². The van der Waals surface area contributed by atoms with Gasteiger partial charge in [-0.05, 0) is 13.0 Å². The average Bonchev–Trinajstić information content (AvgIpc) is 2.29. The third-order valence-corrected chi connectivity index (χ3v) is 2.82. The summed E-state index contributed by atoms with van der Waals surface area (Å²) in [5.74, 6) is 0.900. The van der Waals surface area contributed by atoms with Crippen LogP contribution in [0.4, 0.5) is 0 Å². The summed E-state index contributed by atoms with van der Waals surface area (Å²) in [6, 6.07) is 0. The Hall–Kier alpha value is -1.36. The zero-order chi connectivity index (χ0) is 12.1. The number of thiol groups is 1. The van der Waals surface area contributed by atoms with Crippen LogP contribution >= 0.6 is 12.6 Å². The topological polar surface area (TPSA) is 39.7 Å². The van der Waals surface area contributed by atoms with Gasteiger partial charge in [0.25, 0.3) is 0 Å². The predicted molar refractivity (Wildman–Crippen MR) is 72.2 cm³/mol. The molecule has 1 aliphatic heterocycles. The number of nitrogens with one attached hydrogen (secondary N) is 2. The molecule has 0 radical (unpaired) electrons. The van der Waals surface area contributed by atoms with Crippen LogP contribution < -0.4 is 10.6 Å². The van der Waals surface area contributed by atoms with E-state index in [0.29, 0.717) is 6.54 Å². The maximum atomic E-state index is 4.49. The van der Waals surface area contributed by atoms with Gasteiger partial charge in [0.15, 0.2) is 0 Å². The van der Waals surface area contributed by atoms with Crippen molar-refractivity contribution in [3.63, 3.8) is 0 Å². The van der Waals surface area contributed by atoms with E-state index in [4.69, 9.17) is 0 Å². The first kappa shape index (κ1) is 12.7. The lowest BCUT2D eigenvalue weighted by Gasteiger charge is -2.32. The van der Waals surface area contributed by atoms with Crippen LogP contribution in [0.5, 0.6) is 0 Å². The van der Waals surface area contributed by atoms with Crippen LogP contribution in [-0.2, 0) is 0 Å². The van der Waals surface area contributed by atoms with Gasteiger partial charge in [0.1, 0.15) is 5.84 Å². The monoisotopic (exact) mass is 238 g/mol. The number of allylic oxidation sites excluding steroid dienone is 2. The predicted octanol–water partition coefficient (Wildman–Crippen LogP) is 1.29. The third kappa shape index (κ3) is 2.61. The largest absolute Gasteiger partial charge is 0.393 e. The lowest BCUT2D eigenvalue weighted by Crippen LogP contribution is -2.41. The summed E-state index contributed by atoms with van der Waals surface area (Å²) < 4.78 is 0. The fourth-order valence-corrected chi connectivity index (χ4v) is 1.84. The second-order valence-electron chi connectivity index (χ2n) is 3.40. The van der Waals surface area contributed by atoms with E-state index in [0.717, 1.165) is 22.3 Å². The highest BCUT2D eigenvalue weighted by Gasteiger charge is 2.20. The lowest BCUT2D eigenvalue weighted by molar-refractivity contribution is 0.493. The lowest BCUT2D eigenvalue weighted by atomic mass is 10.3.